The summed E-state index contributed by atoms with van der Waals surface area (Å²) in [6.45, 7) is 7.77. The highest BCUT2D eigenvalue weighted by molar-refractivity contribution is 6.30. The fourth-order valence-electron chi connectivity index (χ4n) is 3.86. The number of halogens is 2. The van der Waals surface area contributed by atoms with Crippen molar-refractivity contribution in [1.82, 2.24) is 19.4 Å². The van der Waals surface area contributed by atoms with E-state index in [1.165, 1.54) is 28.8 Å². The Bertz CT molecular complexity index is 1300. The van der Waals surface area contributed by atoms with Gasteiger partial charge in [-0.05, 0) is 51.1 Å². The molecule has 2 heterocycles. The van der Waals surface area contributed by atoms with Crippen LogP contribution >= 0.6 is 11.6 Å². The molecule has 3 aromatic rings. The van der Waals surface area contributed by atoms with Gasteiger partial charge in [-0.3, -0.25) is 14.3 Å². The predicted molar refractivity (Wildman–Crippen MR) is 127 cm³/mol. The van der Waals surface area contributed by atoms with Gasteiger partial charge in [-0.1, -0.05) is 11.6 Å². The second-order valence-electron chi connectivity index (χ2n) is 9.21. The lowest BCUT2D eigenvalue weighted by molar-refractivity contribution is 0.0136. The Hall–Kier alpha value is -3.17. The van der Waals surface area contributed by atoms with Gasteiger partial charge in [-0.2, -0.15) is 0 Å². The maximum Gasteiger partial charge on any atom is 0.410 e. The first-order valence-corrected chi connectivity index (χ1v) is 11.3. The molecule has 1 amide bonds. The second kappa shape index (κ2) is 9.23. The van der Waals surface area contributed by atoms with E-state index >= 15 is 0 Å². The molecule has 2 aromatic carbocycles. The fourth-order valence-corrected chi connectivity index (χ4v) is 4.03. The van der Waals surface area contributed by atoms with Crippen LogP contribution < -0.4 is 5.56 Å². The standard InChI is InChI=1S/C24H26ClFN4O4/c1-24(2,3)34-23(33)29-10-8-28(9-11-29)14-21-27-18-6-5-16(26)13-17(18)22(32)30(21)19-7-4-15(25)12-20(19)31/h4-7,12-13,31H,8-11,14H2,1-3H3. The number of hydrogen-bond donors (Lipinski definition) is 1. The number of phenolic OH excluding ortho intramolecular Hbond substituents is 1. The van der Waals surface area contributed by atoms with Crippen LogP contribution in [0.1, 0.15) is 26.6 Å². The zero-order valence-corrected chi connectivity index (χ0v) is 20.0. The van der Waals surface area contributed by atoms with Crippen LogP contribution in [0.5, 0.6) is 5.75 Å². The molecule has 0 atom stereocenters. The minimum Gasteiger partial charge on any atom is -0.506 e. The Labute approximate surface area is 201 Å². The zero-order valence-electron chi connectivity index (χ0n) is 19.2. The van der Waals surface area contributed by atoms with Crippen LogP contribution in [-0.4, -0.2) is 62.3 Å². The molecule has 0 spiro atoms. The van der Waals surface area contributed by atoms with E-state index in [2.05, 4.69) is 9.88 Å². The van der Waals surface area contributed by atoms with Crippen LogP contribution in [0, 0.1) is 5.82 Å². The number of hydrogen-bond acceptors (Lipinski definition) is 6. The van der Waals surface area contributed by atoms with Gasteiger partial charge >= 0.3 is 6.09 Å². The Morgan fingerprint density at radius 2 is 1.85 bits per heavy atom. The van der Waals surface area contributed by atoms with Crippen molar-refractivity contribution in [1.29, 1.82) is 0 Å². The molecule has 1 N–H and O–H groups in total. The molecule has 0 radical (unpaired) electrons. The van der Waals surface area contributed by atoms with E-state index < -0.39 is 17.0 Å². The number of aromatic nitrogens is 2. The smallest absolute Gasteiger partial charge is 0.410 e. The molecule has 0 aliphatic carbocycles. The highest BCUT2D eigenvalue weighted by atomic mass is 35.5. The molecule has 34 heavy (non-hydrogen) atoms. The minimum absolute atomic E-state index is 0.104. The summed E-state index contributed by atoms with van der Waals surface area (Å²) in [7, 11) is 0. The van der Waals surface area contributed by atoms with Crippen molar-refractivity contribution in [2.75, 3.05) is 26.2 Å². The molecule has 0 bridgehead atoms. The number of carbonyl (C=O) groups excluding carboxylic acids is 1. The Morgan fingerprint density at radius 1 is 1.15 bits per heavy atom. The third-order valence-corrected chi connectivity index (χ3v) is 5.70. The number of rotatable bonds is 3. The monoisotopic (exact) mass is 488 g/mol. The molecule has 0 saturated carbocycles. The van der Waals surface area contributed by atoms with E-state index in [9.17, 15) is 19.1 Å². The van der Waals surface area contributed by atoms with Crippen LogP contribution in [0.4, 0.5) is 9.18 Å². The minimum atomic E-state index is -0.570. The summed E-state index contributed by atoms with van der Waals surface area (Å²) in [5.74, 6) is -0.361. The molecular formula is C24H26ClFN4O4. The van der Waals surface area contributed by atoms with E-state index in [0.717, 1.165) is 6.07 Å². The molecule has 1 aromatic heterocycles. The summed E-state index contributed by atoms with van der Waals surface area (Å²) in [4.78, 5) is 34.1. The molecule has 10 heteroatoms. The van der Waals surface area contributed by atoms with Crippen molar-refractivity contribution < 1.29 is 19.0 Å². The lowest BCUT2D eigenvalue weighted by Crippen LogP contribution is -2.50. The number of fused-ring (bicyclic) bond motifs is 1. The number of benzene rings is 2. The lowest BCUT2D eigenvalue weighted by Gasteiger charge is -2.35. The van der Waals surface area contributed by atoms with Crippen LogP contribution in [0.3, 0.4) is 0 Å². The fraction of sp³-hybridized carbons (Fsp3) is 0.375. The van der Waals surface area contributed by atoms with Gasteiger partial charge < -0.3 is 14.7 Å². The van der Waals surface area contributed by atoms with Gasteiger partial charge in [-0.25, -0.2) is 14.2 Å². The molecule has 1 aliphatic heterocycles. The highest BCUT2D eigenvalue weighted by Gasteiger charge is 2.27. The van der Waals surface area contributed by atoms with Gasteiger partial charge in [-0.15, -0.1) is 0 Å². The summed E-state index contributed by atoms with van der Waals surface area (Å²) in [5, 5.41) is 10.9. The predicted octanol–water partition coefficient (Wildman–Crippen LogP) is 3.94. The van der Waals surface area contributed by atoms with Gasteiger partial charge in [0, 0.05) is 37.3 Å². The molecule has 1 saturated heterocycles. The van der Waals surface area contributed by atoms with Crippen LogP contribution in [-0.2, 0) is 11.3 Å². The summed E-state index contributed by atoms with van der Waals surface area (Å²) >= 11 is 5.97. The quantitative estimate of drug-likeness (QED) is 0.601. The maximum absolute atomic E-state index is 13.9. The molecule has 180 valence electrons. The third-order valence-electron chi connectivity index (χ3n) is 5.47. The van der Waals surface area contributed by atoms with E-state index in [1.807, 2.05) is 20.8 Å². The normalized spacial score (nSPS) is 15.0. The number of amides is 1. The summed E-state index contributed by atoms with van der Waals surface area (Å²) in [5.41, 5.74) is -0.502. The largest absolute Gasteiger partial charge is 0.506 e. The van der Waals surface area contributed by atoms with Crippen molar-refractivity contribution in [2.24, 2.45) is 0 Å². The van der Waals surface area contributed by atoms with E-state index in [-0.39, 0.29) is 29.5 Å². The Kier molecular flexibility index (Phi) is 6.51. The first-order valence-electron chi connectivity index (χ1n) is 10.9. The number of aromatic hydroxyl groups is 1. The van der Waals surface area contributed by atoms with Crippen molar-refractivity contribution in [3.8, 4) is 11.4 Å². The van der Waals surface area contributed by atoms with Gasteiger partial charge in [0.25, 0.3) is 5.56 Å². The summed E-state index contributed by atoms with van der Waals surface area (Å²) in [6, 6.07) is 8.27. The zero-order chi connectivity index (χ0) is 24.6. The van der Waals surface area contributed by atoms with Crippen LogP contribution in [0.2, 0.25) is 5.02 Å². The van der Waals surface area contributed by atoms with Gasteiger partial charge in [0.1, 0.15) is 23.0 Å². The SMILES string of the molecule is CC(C)(C)OC(=O)N1CCN(Cc2nc3ccc(F)cc3c(=O)n2-c2ccc(Cl)cc2O)CC1. The average Bonchev–Trinajstić information content (AvgIpc) is 2.75. The Balaban J connectivity index is 1.66. The molecule has 4 rings (SSSR count). The van der Waals surface area contributed by atoms with Crippen LogP contribution in [0.15, 0.2) is 41.2 Å². The van der Waals surface area contributed by atoms with Crippen molar-refractivity contribution in [3.63, 3.8) is 0 Å². The molecule has 1 fully saturated rings. The first-order chi connectivity index (χ1) is 16.0. The van der Waals surface area contributed by atoms with Gasteiger partial charge in [0.15, 0.2) is 0 Å². The van der Waals surface area contributed by atoms with Crippen LogP contribution in [0.25, 0.3) is 16.6 Å². The molecular weight excluding hydrogens is 463 g/mol. The average molecular weight is 489 g/mol. The van der Waals surface area contributed by atoms with Gasteiger partial charge in [0.05, 0.1) is 23.1 Å². The number of ether oxygens (including phenoxy) is 1. The topological polar surface area (TPSA) is 87.9 Å². The van der Waals surface area contributed by atoms with Gasteiger partial charge in [0.2, 0.25) is 0 Å². The molecule has 8 nitrogen and oxygen atoms in total. The number of phenols is 1. The third kappa shape index (κ3) is 5.15. The Morgan fingerprint density at radius 3 is 2.50 bits per heavy atom. The lowest BCUT2D eigenvalue weighted by atomic mass is 10.2. The maximum atomic E-state index is 13.9. The van der Waals surface area contributed by atoms with Crippen molar-refractivity contribution >= 4 is 28.6 Å². The van der Waals surface area contributed by atoms with E-state index in [4.69, 9.17) is 16.3 Å². The number of carbonyl (C=O) groups is 1. The van der Waals surface area contributed by atoms with E-state index in [1.54, 1.807) is 11.0 Å². The number of piperazine rings is 1. The summed E-state index contributed by atoms with van der Waals surface area (Å²) < 4.78 is 20.6. The second-order valence-corrected chi connectivity index (χ2v) is 9.64. The number of nitrogens with zero attached hydrogens (tertiary/aromatic N) is 4. The molecule has 0 unspecified atom stereocenters. The molecule has 1 aliphatic rings. The highest BCUT2D eigenvalue weighted by Crippen LogP contribution is 2.26. The van der Waals surface area contributed by atoms with Crippen molar-refractivity contribution in [2.45, 2.75) is 32.9 Å². The van der Waals surface area contributed by atoms with E-state index in [0.29, 0.717) is 42.5 Å². The van der Waals surface area contributed by atoms with Crippen molar-refractivity contribution in [3.05, 3.63) is 63.4 Å². The first kappa shape index (κ1) is 24.0. The summed E-state index contributed by atoms with van der Waals surface area (Å²) in [6.07, 6.45) is -0.360.